The predicted octanol–water partition coefficient (Wildman–Crippen LogP) is 3.19. The Morgan fingerprint density at radius 3 is 2.40 bits per heavy atom. The molecule has 0 aromatic carbocycles. The van der Waals surface area contributed by atoms with Gasteiger partial charge in [-0.2, -0.15) is 0 Å². The fourth-order valence-electron chi connectivity index (χ4n) is 3.94. The highest BCUT2D eigenvalue weighted by molar-refractivity contribution is 4.94. The maximum atomic E-state index is 5.78. The number of hydrogen-bond donors (Lipinski definition) is 1. The van der Waals surface area contributed by atoms with Crippen LogP contribution in [0.1, 0.15) is 65.2 Å². The van der Waals surface area contributed by atoms with Crippen LogP contribution in [0, 0.1) is 0 Å². The Kier molecular flexibility index (Phi) is 6.31. The van der Waals surface area contributed by atoms with Crippen molar-refractivity contribution in [2.75, 3.05) is 26.7 Å². The number of nitrogens with zero attached hydrogens (tertiary/aromatic N) is 1. The van der Waals surface area contributed by atoms with E-state index in [1.165, 1.54) is 64.5 Å². The van der Waals surface area contributed by atoms with Gasteiger partial charge >= 0.3 is 0 Å². The Balaban J connectivity index is 1.88. The Hall–Kier alpha value is -0.120. The van der Waals surface area contributed by atoms with E-state index in [1.807, 2.05) is 0 Å². The summed E-state index contributed by atoms with van der Waals surface area (Å²) in [5, 5.41) is 3.59. The smallest absolute Gasteiger partial charge is 0.0576 e. The zero-order valence-corrected chi connectivity index (χ0v) is 13.8. The van der Waals surface area contributed by atoms with Crippen molar-refractivity contribution < 1.29 is 4.74 Å². The highest BCUT2D eigenvalue weighted by Crippen LogP contribution is 2.27. The second-order valence-corrected chi connectivity index (χ2v) is 7.11. The molecule has 0 aliphatic carbocycles. The molecule has 2 aliphatic heterocycles. The first-order valence-corrected chi connectivity index (χ1v) is 8.68. The normalized spacial score (nSPS) is 27.4. The Bertz CT molecular complexity index is 266. The maximum absolute atomic E-state index is 5.78. The summed E-state index contributed by atoms with van der Waals surface area (Å²) < 4.78 is 5.78. The molecule has 0 bridgehead atoms. The number of likely N-dealkylation sites (tertiary alicyclic amines) is 1. The first-order chi connectivity index (χ1) is 9.64. The average molecular weight is 282 g/mol. The van der Waals surface area contributed by atoms with Crippen LogP contribution in [0.2, 0.25) is 0 Å². The standard InChI is InChI=1S/C17H34N2O/c1-17(2,19-12-6-4-5-7-13-19)16(18-3)11-10-15-9-8-14-20-15/h15-16,18H,4-14H2,1-3H3. The lowest BCUT2D eigenvalue weighted by Crippen LogP contribution is -2.57. The summed E-state index contributed by atoms with van der Waals surface area (Å²) in [6.07, 6.45) is 11.0. The lowest BCUT2D eigenvalue weighted by Gasteiger charge is -2.44. The fourth-order valence-corrected chi connectivity index (χ4v) is 3.94. The number of likely N-dealkylation sites (N-methyl/N-ethyl adjacent to an activating group) is 1. The quantitative estimate of drug-likeness (QED) is 0.810. The third-order valence-electron chi connectivity index (χ3n) is 5.42. The van der Waals surface area contributed by atoms with Gasteiger partial charge < -0.3 is 10.1 Å². The molecule has 2 rings (SSSR count). The maximum Gasteiger partial charge on any atom is 0.0576 e. The Morgan fingerprint density at radius 2 is 1.85 bits per heavy atom. The van der Waals surface area contributed by atoms with Gasteiger partial charge in [0, 0.05) is 18.2 Å². The van der Waals surface area contributed by atoms with Crippen LogP contribution in [-0.4, -0.2) is 49.3 Å². The lowest BCUT2D eigenvalue weighted by molar-refractivity contribution is 0.0638. The van der Waals surface area contributed by atoms with Gasteiger partial charge in [-0.1, -0.05) is 12.8 Å². The van der Waals surface area contributed by atoms with E-state index in [1.54, 1.807) is 0 Å². The van der Waals surface area contributed by atoms with Gasteiger partial charge in [0.05, 0.1) is 6.10 Å². The molecule has 2 atom stereocenters. The molecule has 2 heterocycles. The Morgan fingerprint density at radius 1 is 1.15 bits per heavy atom. The minimum atomic E-state index is 0.248. The fraction of sp³-hybridized carbons (Fsp3) is 1.00. The van der Waals surface area contributed by atoms with E-state index in [9.17, 15) is 0 Å². The van der Waals surface area contributed by atoms with Crippen molar-refractivity contribution >= 4 is 0 Å². The zero-order valence-electron chi connectivity index (χ0n) is 13.8. The topological polar surface area (TPSA) is 24.5 Å². The van der Waals surface area contributed by atoms with Crippen LogP contribution < -0.4 is 5.32 Å². The average Bonchev–Trinajstić information content (AvgIpc) is 2.78. The summed E-state index contributed by atoms with van der Waals surface area (Å²) in [5.41, 5.74) is 0.248. The third kappa shape index (κ3) is 4.19. The number of ether oxygens (including phenoxy) is 1. The van der Waals surface area contributed by atoms with E-state index in [2.05, 4.69) is 31.1 Å². The van der Waals surface area contributed by atoms with Crippen molar-refractivity contribution in [2.45, 2.75) is 82.9 Å². The van der Waals surface area contributed by atoms with Gasteiger partial charge in [-0.25, -0.2) is 0 Å². The van der Waals surface area contributed by atoms with E-state index in [4.69, 9.17) is 4.74 Å². The van der Waals surface area contributed by atoms with Crippen molar-refractivity contribution in [1.29, 1.82) is 0 Å². The third-order valence-corrected chi connectivity index (χ3v) is 5.42. The molecular weight excluding hydrogens is 248 g/mol. The minimum absolute atomic E-state index is 0.248. The molecule has 0 radical (unpaired) electrons. The van der Waals surface area contributed by atoms with Gasteiger partial charge in [0.2, 0.25) is 0 Å². The first-order valence-electron chi connectivity index (χ1n) is 8.68. The number of nitrogens with one attached hydrogen (secondary N) is 1. The summed E-state index contributed by atoms with van der Waals surface area (Å²) >= 11 is 0. The highest BCUT2D eigenvalue weighted by Gasteiger charge is 2.35. The van der Waals surface area contributed by atoms with Crippen LogP contribution in [-0.2, 0) is 4.74 Å². The molecule has 2 fully saturated rings. The van der Waals surface area contributed by atoms with E-state index in [-0.39, 0.29) is 5.54 Å². The molecule has 118 valence electrons. The molecule has 0 aromatic rings. The van der Waals surface area contributed by atoms with Crippen LogP contribution in [0.15, 0.2) is 0 Å². The van der Waals surface area contributed by atoms with E-state index in [0.717, 1.165) is 6.61 Å². The molecule has 3 heteroatoms. The lowest BCUT2D eigenvalue weighted by atomic mass is 9.87. The monoisotopic (exact) mass is 282 g/mol. The van der Waals surface area contributed by atoms with E-state index in [0.29, 0.717) is 12.1 Å². The van der Waals surface area contributed by atoms with Crippen molar-refractivity contribution in [3.8, 4) is 0 Å². The van der Waals surface area contributed by atoms with Crippen molar-refractivity contribution in [1.82, 2.24) is 10.2 Å². The summed E-state index contributed by atoms with van der Waals surface area (Å²) in [6, 6.07) is 0.560. The highest BCUT2D eigenvalue weighted by atomic mass is 16.5. The van der Waals surface area contributed by atoms with Gasteiger partial charge in [-0.3, -0.25) is 4.90 Å². The molecule has 0 saturated carbocycles. The van der Waals surface area contributed by atoms with Crippen LogP contribution in [0.25, 0.3) is 0 Å². The van der Waals surface area contributed by atoms with E-state index >= 15 is 0 Å². The van der Waals surface area contributed by atoms with Crippen LogP contribution in [0.3, 0.4) is 0 Å². The molecule has 0 spiro atoms. The van der Waals surface area contributed by atoms with Crippen LogP contribution in [0.5, 0.6) is 0 Å². The number of rotatable bonds is 6. The summed E-state index contributed by atoms with van der Waals surface area (Å²) in [4.78, 5) is 2.72. The molecule has 2 aliphatic rings. The van der Waals surface area contributed by atoms with Gasteiger partial charge in [0.1, 0.15) is 0 Å². The second-order valence-electron chi connectivity index (χ2n) is 7.11. The minimum Gasteiger partial charge on any atom is -0.378 e. The van der Waals surface area contributed by atoms with Gasteiger partial charge in [-0.15, -0.1) is 0 Å². The summed E-state index contributed by atoms with van der Waals surface area (Å²) in [5.74, 6) is 0. The van der Waals surface area contributed by atoms with Crippen molar-refractivity contribution in [3.05, 3.63) is 0 Å². The Labute approximate surface area is 125 Å². The van der Waals surface area contributed by atoms with Crippen molar-refractivity contribution in [3.63, 3.8) is 0 Å². The SMILES string of the molecule is CNC(CCC1CCCO1)C(C)(C)N1CCCCCC1. The molecule has 1 N–H and O–H groups in total. The predicted molar refractivity (Wildman–Crippen MR) is 85.2 cm³/mol. The number of hydrogen-bond acceptors (Lipinski definition) is 3. The molecule has 0 aromatic heterocycles. The van der Waals surface area contributed by atoms with Crippen LogP contribution in [0.4, 0.5) is 0 Å². The molecule has 20 heavy (non-hydrogen) atoms. The molecule has 2 saturated heterocycles. The van der Waals surface area contributed by atoms with Crippen LogP contribution >= 0.6 is 0 Å². The van der Waals surface area contributed by atoms with Crippen molar-refractivity contribution in [2.24, 2.45) is 0 Å². The van der Waals surface area contributed by atoms with Gasteiger partial charge in [0.15, 0.2) is 0 Å². The summed E-state index contributed by atoms with van der Waals surface area (Å²) in [6.45, 7) is 8.37. The van der Waals surface area contributed by atoms with E-state index < -0.39 is 0 Å². The van der Waals surface area contributed by atoms with Gasteiger partial charge in [-0.05, 0) is 72.5 Å². The van der Waals surface area contributed by atoms with Gasteiger partial charge in [0.25, 0.3) is 0 Å². The second kappa shape index (κ2) is 7.77. The molecule has 3 nitrogen and oxygen atoms in total. The molecule has 2 unspecified atom stereocenters. The largest absolute Gasteiger partial charge is 0.378 e. The zero-order chi connectivity index (χ0) is 14.4. The first kappa shape index (κ1) is 16.3. The summed E-state index contributed by atoms with van der Waals surface area (Å²) in [7, 11) is 2.12. The molecular formula is C17H34N2O. The molecule has 0 amide bonds.